The fraction of sp³-hybridized carbons (Fsp3) is 0.167. The van der Waals surface area contributed by atoms with Crippen LogP contribution in [0.15, 0.2) is 77.9 Å². The highest BCUT2D eigenvalue weighted by atomic mass is 35.5. The van der Waals surface area contributed by atoms with Crippen molar-refractivity contribution in [2.75, 3.05) is 7.11 Å². The molecule has 0 aliphatic heterocycles. The van der Waals surface area contributed by atoms with E-state index in [1.165, 1.54) is 0 Å². The molecule has 0 unspecified atom stereocenters. The van der Waals surface area contributed by atoms with Crippen molar-refractivity contribution in [3.63, 3.8) is 0 Å². The Morgan fingerprint density at radius 1 is 0.967 bits per heavy atom. The minimum absolute atomic E-state index is 0.121. The Kier molecular flexibility index (Phi) is 5.80. The van der Waals surface area contributed by atoms with Gasteiger partial charge < -0.3 is 4.74 Å². The molecule has 1 amide bonds. The van der Waals surface area contributed by atoms with Crippen LogP contribution in [-0.2, 0) is 10.2 Å². The summed E-state index contributed by atoms with van der Waals surface area (Å²) < 4.78 is 5.14. The van der Waals surface area contributed by atoms with Crippen molar-refractivity contribution in [3.05, 3.63) is 99.5 Å². The van der Waals surface area contributed by atoms with Crippen LogP contribution in [0.5, 0.6) is 5.75 Å². The molecule has 0 spiro atoms. The molecule has 1 aliphatic carbocycles. The molecule has 1 atom stereocenters. The highest BCUT2D eigenvalue weighted by Crippen LogP contribution is 2.59. The lowest BCUT2D eigenvalue weighted by Crippen LogP contribution is -2.25. The second kappa shape index (κ2) is 8.50. The van der Waals surface area contributed by atoms with Crippen molar-refractivity contribution in [1.29, 1.82) is 0 Å². The second-order valence-corrected chi connectivity index (χ2v) is 8.12. The molecule has 4 rings (SSSR count). The number of nitrogens with one attached hydrogen (secondary N) is 1. The number of hydrogen-bond acceptors (Lipinski definition) is 3. The van der Waals surface area contributed by atoms with Crippen LogP contribution in [0.3, 0.4) is 0 Å². The Morgan fingerprint density at radius 2 is 1.50 bits per heavy atom. The number of hydrazone groups is 1. The summed E-state index contributed by atoms with van der Waals surface area (Å²) >= 11 is 12.1. The van der Waals surface area contributed by atoms with Gasteiger partial charge in [-0.05, 0) is 71.6 Å². The van der Waals surface area contributed by atoms with E-state index in [0.717, 1.165) is 22.4 Å². The maximum Gasteiger partial charge on any atom is 0.244 e. The quantitative estimate of drug-likeness (QED) is 0.410. The zero-order valence-electron chi connectivity index (χ0n) is 16.3. The monoisotopic (exact) mass is 438 g/mol. The molecule has 3 aromatic rings. The molecule has 30 heavy (non-hydrogen) atoms. The third-order valence-electron chi connectivity index (χ3n) is 5.50. The molecule has 0 saturated heterocycles. The zero-order valence-corrected chi connectivity index (χ0v) is 17.8. The van der Waals surface area contributed by atoms with Gasteiger partial charge in [-0.15, -0.1) is 0 Å². The van der Waals surface area contributed by atoms with Crippen LogP contribution in [0.1, 0.15) is 23.1 Å². The minimum atomic E-state index is -0.408. The van der Waals surface area contributed by atoms with Crippen LogP contribution < -0.4 is 10.2 Å². The molecule has 1 aliphatic rings. The molecule has 6 heteroatoms. The smallest absolute Gasteiger partial charge is 0.244 e. The van der Waals surface area contributed by atoms with E-state index >= 15 is 0 Å². The summed E-state index contributed by atoms with van der Waals surface area (Å²) in [5, 5.41) is 5.46. The van der Waals surface area contributed by atoms with Crippen LogP contribution in [0, 0.1) is 5.92 Å². The van der Waals surface area contributed by atoms with E-state index in [2.05, 4.69) is 10.5 Å². The molecular weight excluding hydrogens is 419 g/mol. The first-order chi connectivity index (χ1) is 14.5. The predicted molar refractivity (Wildman–Crippen MR) is 121 cm³/mol. The zero-order chi connectivity index (χ0) is 21.1. The summed E-state index contributed by atoms with van der Waals surface area (Å²) in [5.74, 6) is 0.419. The average molecular weight is 439 g/mol. The molecule has 1 saturated carbocycles. The largest absolute Gasteiger partial charge is 0.497 e. The number of amides is 1. The third kappa shape index (κ3) is 4.07. The van der Waals surface area contributed by atoms with Crippen LogP contribution in [-0.4, -0.2) is 19.2 Å². The van der Waals surface area contributed by atoms with Crippen LogP contribution in [0.4, 0.5) is 0 Å². The first-order valence-corrected chi connectivity index (χ1v) is 10.3. The number of halogens is 2. The lowest BCUT2D eigenvalue weighted by molar-refractivity contribution is -0.122. The van der Waals surface area contributed by atoms with Crippen molar-refractivity contribution in [2.45, 2.75) is 11.8 Å². The van der Waals surface area contributed by atoms with Gasteiger partial charge in [-0.3, -0.25) is 4.79 Å². The maximum absolute atomic E-state index is 12.9. The van der Waals surface area contributed by atoms with Crippen molar-refractivity contribution in [1.82, 2.24) is 5.43 Å². The Hall–Kier alpha value is -2.82. The first kappa shape index (κ1) is 20.5. The van der Waals surface area contributed by atoms with E-state index in [0.29, 0.717) is 16.5 Å². The molecule has 4 nitrogen and oxygen atoms in total. The number of rotatable bonds is 6. The SMILES string of the molecule is COc1ccc(/C=N\NC(=O)[C@@H]2CC2(c2ccc(Cl)cc2)c2ccc(Cl)cc2)cc1. The number of benzene rings is 3. The Bertz CT molecular complexity index is 1020. The highest BCUT2D eigenvalue weighted by molar-refractivity contribution is 6.30. The maximum atomic E-state index is 12.9. The topological polar surface area (TPSA) is 50.7 Å². The normalized spacial score (nSPS) is 17.0. The summed E-state index contributed by atoms with van der Waals surface area (Å²) in [6.45, 7) is 0. The van der Waals surface area contributed by atoms with Crippen molar-refractivity contribution >= 4 is 35.3 Å². The molecule has 0 heterocycles. The van der Waals surface area contributed by atoms with Gasteiger partial charge >= 0.3 is 0 Å². The predicted octanol–water partition coefficient (Wildman–Crippen LogP) is 5.46. The molecule has 0 radical (unpaired) electrons. The Morgan fingerprint density at radius 3 is 2.00 bits per heavy atom. The fourth-order valence-electron chi connectivity index (χ4n) is 3.82. The second-order valence-electron chi connectivity index (χ2n) is 7.25. The van der Waals surface area contributed by atoms with Crippen molar-refractivity contribution < 1.29 is 9.53 Å². The number of ether oxygens (including phenoxy) is 1. The van der Waals surface area contributed by atoms with Crippen LogP contribution in [0.25, 0.3) is 0 Å². The van der Waals surface area contributed by atoms with E-state index in [9.17, 15) is 4.79 Å². The standard InChI is InChI=1S/C24H20Cl2N2O2/c1-30-21-12-2-16(3-13-21)15-27-28-23(29)22-14-24(22,17-4-8-19(25)9-5-17)18-6-10-20(26)11-7-18/h2-13,15,22H,14H2,1H3,(H,28,29)/b27-15-/t22-/m0/s1. The van der Waals surface area contributed by atoms with Gasteiger partial charge in [0.1, 0.15) is 5.75 Å². The number of carbonyl (C=O) groups is 1. The summed E-state index contributed by atoms with van der Waals surface area (Å²) in [4.78, 5) is 12.9. The summed E-state index contributed by atoms with van der Waals surface area (Å²) in [7, 11) is 1.62. The Balaban J connectivity index is 1.53. The summed E-state index contributed by atoms with van der Waals surface area (Å²) in [6, 6.07) is 22.7. The van der Waals surface area contributed by atoms with Gasteiger partial charge in [0, 0.05) is 15.5 Å². The minimum Gasteiger partial charge on any atom is -0.497 e. The first-order valence-electron chi connectivity index (χ1n) is 9.52. The number of nitrogens with zero attached hydrogens (tertiary/aromatic N) is 1. The summed E-state index contributed by atoms with van der Waals surface area (Å²) in [6.07, 6.45) is 2.31. The third-order valence-corrected chi connectivity index (χ3v) is 6.00. The van der Waals surface area contributed by atoms with Crippen molar-refractivity contribution in [3.8, 4) is 5.75 Å². The lowest BCUT2D eigenvalue weighted by atomic mass is 9.85. The van der Waals surface area contributed by atoms with Gasteiger partial charge in [0.15, 0.2) is 0 Å². The highest BCUT2D eigenvalue weighted by Gasteiger charge is 2.60. The van der Waals surface area contributed by atoms with E-state index in [1.54, 1.807) is 13.3 Å². The number of carbonyl (C=O) groups excluding carboxylic acids is 1. The van der Waals surface area contributed by atoms with Crippen LogP contribution in [0.2, 0.25) is 10.0 Å². The number of hydrogen-bond donors (Lipinski definition) is 1. The molecule has 1 N–H and O–H groups in total. The molecular formula is C24H20Cl2N2O2. The van der Waals surface area contributed by atoms with E-state index in [-0.39, 0.29) is 11.8 Å². The van der Waals surface area contributed by atoms with Gasteiger partial charge in [0.05, 0.1) is 19.2 Å². The van der Waals surface area contributed by atoms with Gasteiger partial charge in [0.2, 0.25) is 5.91 Å². The summed E-state index contributed by atoms with van der Waals surface area (Å²) in [5.41, 5.74) is 5.25. The lowest BCUT2D eigenvalue weighted by Gasteiger charge is -2.19. The number of methoxy groups -OCH3 is 1. The van der Waals surface area contributed by atoms with E-state index < -0.39 is 5.41 Å². The van der Waals surface area contributed by atoms with Gasteiger partial charge in [-0.25, -0.2) is 5.43 Å². The molecule has 152 valence electrons. The van der Waals surface area contributed by atoms with E-state index in [1.807, 2.05) is 72.8 Å². The fourth-order valence-corrected chi connectivity index (χ4v) is 4.07. The van der Waals surface area contributed by atoms with Crippen LogP contribution >= 0.6 is 23.2 Å². The molecule has 0 bridgehead atoms. The van der Waals surface area contributed by atoms with Crippen molar-refractivity contribution in [2.24, 2.45) is 11.0 Å². The molecule has 1 fully saturated rings. The van der Waals surface area contributed by atoms with Gasteiger partial charge in [-0.2, -0.15) is 5.10 Å². The molecule has 3 aromatic carbocycles. The Labute approximate surface area is 185 Å². The van der Waals surface area contributed by atoms with Gasteiger partial charge in [-0.1, -0.05) is 47.5 Å². The van der Waals surface area contributed by atoms with E-state index in [4.69, 9.17) is 27.9 Å². The average Bonchev–Trinajstić information content (AvgIpc) is 3.52. The van der Waals surface area contributed by atoms with Gasteiger partial charge in [0.25, 0.3) is 0 Å². The molecule has 0 aromatic heterocycles.